The Morgan fingerprint density at radius 1 is 1.29 bits per heavy atom. The number of rotatable bonds is 7. The van der Waals surface area contributed by atoms with E-state index in [1.54, 1.807) is 40.6 Å². The lowest BCUT2D eigenvalue weighted by molar-refractivity contribution is -0.121. The van der Waals surface area contributed by atoms with Gasteiger partial charge in [-0.05, 0) is 39.0 Å². The fourth-order valence-corrected chi connectivity index (χ4v) is 3.51. The second-order valence-corrected chi connectivity index (χ2v) is 7.77. The Morgan fingerprint density at radius 3 is 2.74 bits per heavy atom. The zero-order valence-corrected chi connectivity index (χ0v) is 18.3. The summed E-state index contributed by atoms with van der Waals surface area (Å²) in [4.78, 5) is 16.8. The summed E-state index contributed by atoms with van der Waals surface area (Å²) in [6, 6.07) is 10.8. The van der Waals surface area contributed by atoms with Crippen LogP contribution in [-0.4, -0.2) is 31.3 Å². The van der Waals surface area contributed by atoms with Crippen molar-refractivity contribution in [2.75, 3.05) is 0 Å². The maximum Gasteiger partial charge on any atom is 0.226 e. The molecule has 0 radical (unpaired) electrons. The van der Waals surface area contributed by atoms with Gasteiger partial charge in [0.2, 0.25) is 5.91 Å². The Hall–Kier alpha value is -3.62. The molecule has 0 saturated heterocycles. The number of amides is 1. The number of nitriles is 2. The average Bonchev–Trinajstić information content (AvgIpc) is 3.33. The normalized spacial score (nSPS) is 12.6. The van der Waals surface area contributed by atoms with E-state index in [1.807, 2.05) is 32.2 Å². The van der Waals surface area contributed by atoms with Crippen LogP contribution in [0.5, 0.6) is 0 Å². The first-order valence-corrected chi connectivity index (χ1v) is 10.1. The molecule has 0 bridgehead atoms. The highest BCUT2D eigenvalue weighted by molar-refractivity contribution is 6.32. The maximum absolute atomic E-state index is 12.4. The highest BCUT2D eigenvalue weighted by Gasteiger charge is 2.15. The summed E-state index contributed by atoms with van der Waals surface area (Å²) in [5, 5.41) is 25.9. The molecular formula is C22H22ClN7O. The van der Waals surface area contributed by atoms with Gasteiger partial charge < -0.3 is 9.88 Å². The molecule has 0 saturated carbocycles. The molecule has 0 aliphatic carbocycles. The fourth-order valence-electron chi connectivity index (χ4n) is 3.29. The molecule has 3 rings (SSSR count). The van der Waals surface area contributed by atoms with E-state index in [0.717, 1.165) is 11.3 Å². The molecule has 0 aliphatic rings. The number of halogens is 1. The van der Waals surface area contributed by atoms with Crippen LogP contribution >= 0.6 is 11.6 Å². The van der Waals surface area contributed by atoms with Crippen molar-refractivity contribution in [2.24, 2.45) is 0 Å². The van der Waals surface area contributed by atoms with Gasteiger partial charge in [-0.2, -0.15) is 15.6 Å². The molecule has 1 unspecified atom stereocenters. The number of nitrogens with zero attached hydrogens (tertiary/aromatic N) is 6. The second kappa shape index (κ2) is 9.46. The van der Waals surface area contributed by atoms with Crippen molar-refractivity contribution >= 4 is 17.5 Å². The summed E-state index contributed by atoms with van der Waals surface area (Å²) >= 11 is 6.10. The summed E-state index contributed by atoms with van der Waals surface area (Å²) in [6.45, 7) is 5.99. The lowest BCUT2D eigenvalue weighted by Gasteiger charge is -2.13. The summed E-state index contributed by atoms with van der Waals surface area (Å²) in [5.41, 5.74) is 2.60. The summed E-state index contributed by atoms with van der Waals surface area (Å²) in [7, 11) is 0. The number of hydrogen-bond acceptors (Lipinski definition) is 5. The first kappa shape index (κ1) is 22.1. The Kier molecular flexibility index (Phi) is 6.74. The van der Waals surface area contributed by atoms with Crippen molar-refractivity contribution in [2.45, 2.75) is 45.8 Å². The molecule has 1 aromatic carbocycles. The third-order valence-electron chi connectivity index (χ3n) is 4.81. The average molecular weight is 436 g/mol. The van der Waals surface area contributed by atoms with Crippen LogP contribution in [0.4, 0.5) is 0 Å². The molecule has 3 aromatic rings. The molecule has 0 aliphatic heterocycles. The first-order chi connectivity index (χ1) is 14.8. The lowest BCUT2D eigenvalue weighted by Crippen LogP contribution is -2.36. The van der Waals surface area contributed by atoms with Crippen LogP contribution in [0.15, 0.2) is 36.7 Å². The number of aromatic nitrogens is 4. The summed E-state index contributed by atoms with van der Waals surface area (Å²) in [6.07, 6.45) is 3.72. The molecule has 2 aromatic heterocycles. The SMILES string of the molecule is Cc1nc(CC(=O)N[C@@H](C)Cn2ccc(-c3ccc(C#N)c(Cl)c3)n2)cn1C(C)C#N. The van der Waals surface area contributed by atoms with E-state index in [-0.39, 0.29) is 24.4 Å². The van der Waals surface area contributed by atoms with Crippen molar-refractivity contribution < 1.29 is 4.79 Å². The first-order valence-electron chi connectivity index (χ1n) is 9.77. The molecule has 0 spiro atoms. The van der Waals surface area contributed by atoms with Crippen molar-refractivity contribution in [3.63, 3.8) is 0 Å². The molecule has 8 nitrogen and oxygen atoms in total. The fraction of sp³-hybridized carbons (Fsp3) is 0.318. The Labute approximate surface area is 185 Å². The summed E-state index contributed by atoms with van der Waals surface area (Å²) < 4.78 is 3.51. The minimum Gasteiger partial charge on any atom is -0.351 e. The Balaban J connectivity index is 1.58. The number of hydrogen-bond donors (Lipinski definition) is 1. The van der Waals surface area contributed by atoms with E-state index in [2.05, 4.69) is 21.5 Å². The van der Waals surface area contributed by atoms with Crippen molar-refractivity contribution in [3.05, 3.63) is 58.8 Å². The quantitative estimate of drug-likeness (QED) is 0.611. The lowest BCUT2D eigenvalue weighted by atomic mass is 10.1. The van der Waals surface area contributed by atoms with Crippen molar-refractivity contribution in [1.29, 1.82) is 10.5 Å². The van der Waals surface area contributed by atoms with Gasteiger partial charge in [0.15, 0.2) is 0 Å². The van der Waals surface area contributed by atoms with Crippen molar-refractivity contribution in [1.82, 2.24) is 24.6 Å². The van der Waals surface area contributed by atoms with Gasteiger partial charge in [-0.25, -0.2) is 4.98 Å². The predicted octanol–water partition coefficient (Wildman–Crippen LogP) is 3.41. The number of nitrogens with one attached hydrogen (secondary N) is 1. The topological polar surface area (TPSA) is 112 Å². The molecule has 2 atom stereocenters. The van der Waals surface area contributed by atoms with Gasteiger partial charge in [-0.15, -0.1) is 0 Å². The van der Waals surface area contributed by atoms with Crippen LogP contribution in [-0.2, 0) is 17.8 Å². The Morgan fingerprint density at radius 2 is 2.06 bits per heavy atom. The van der Waals surface area contributed by atoms with Crippen LogP contribution in [0.25, 0.3) is 11.3 Å². The standard InChI is InChI=1S/C22H22ClN7O/c1-14(26-22(31)9-19-13-30(15(2)10-24)16(3)27-19)12-29-7-6-21(28-29)17-4-5-18(11-25)20(23)8-17/h4-8,13-15H,9,12H2,1-3H3,(H,26,31)/t14-,15?/m0/s1. The molecule has 158 valence electrons. The molecule has 1 amide bonds. The zero-order chi connectivity index (χ0) is 22.5. The second-order valence-electron chi connectivity index (χ2n) is 7.37. The number of carbonyl (C=O) groups excluding carboxylic acids is 1. The molecular weight excluding hydrogens is 414 g/mol. The van der Waals surface area contributed by atoms with Gasteiger partial charge >= 0.3 is 0 Å². The van der Waals surface area contributed by atoms with Gasteiger partial charge in [0.05, 0.1) is 41.0 Å². The smallest absolute Gasteiger partial charge is 0.226 e. The highest BCUT2D eigenvalue weighted by atomic mass is 35.5. The van der Waals surface area contributed by atoms with Crippen LogP contribution < -0.4 is 5.32 Å². The highest BCUT2D eigenvalue weighted by Crippen LogP contribution is 2.24. The van der Waals surface area contributed by atoms with E-state index in [9.17, 15) is 4.79 Å². The minimum absolute atomic E-state index is 0.143. The molecule has 9 heteroatoms. The van der Waals surface area contributed by atoms with Crippen LogP contribution in [0.1, 0.15) is 37.0 Å². The van der Waals surface area contributed by atoms with E-state index in [1.165, 1.54) is 0 Å². The number of imidazole rings is 1. The van der Waals surface area contributed by atoms with Crippen LogP contribution in [0, 0.1) is 29.6 Å². The van der Waals surface area contributed by atoms with Crippen LogP contribution in [0.2, 0.25) is 5.02 Å². The summed E-state index contributed by atoms with van der Waals surface area (Å²) in [5.74, 6) is 0.560. The number of aryl methyl sites for hydroxylation is 1. The number of benzene rings is 1. The molecule has 2 heterocycles. The van der Waals surface area contributed by atoms with E-state index in [4.69, 9.17) is 22.1 Å². The van der Waals surface area contributed by atoms with Gasteiger partial charge in [0, 0.05) is 24.0 Å². The largest absolute Gasteiger partial charge is 0.351 e. The molecule has 1 N–H and O–H groups in total. The van der Waals surface area contributed by atoms with E-state index in [0.29, 0.717) is 28.6 Å². The van der Waals surface area contributed by atoms with Crippen molar-refractivity contribution in [3.8, 4) is 23.4 Å². The number of carbonyl (C=O) groups is 1. The Bertz CT molecular complexity index is 1180. The van der Waals surface area contributed by atoms with Gasteiger partial charge in [-0.3, -0.25) is 9.48 Å². The molecule has 0 fully saturated rings. The van der Waals surface area contributed by atoms with E-state index < -0.39 is 0 Å². The maximum atomic E-state index is 12.4. The third kappa shape index (κ3) is 5.30. The van der Waals surface area contributed by atoms with Gasteiger partial charge in [0.1, 0.15) is 17.9 Å². The zero-order valence-electron chi connectivity index (χ0n) is 17.5. The predicted molar refractivity (Wildman–Crippen MR) is 116 cm³/mol. The third-order valence-corrected chi connectivity index (χ3v) is 5.12. The molecule has 31 heavy (non-hydrogen) atoms. The van der Waals surface area contributed by atoms with E-state index >= 15 is 0 Å². The van der Waals surface area contributed by atoms with Crippen LogP contribution in [0.3, 0.4) is 0 Å². The monoisotopic (exact) mass is 435 g/mol. The van der Waals surface area contributed by atoms with Gasteiger partial charge in [0.25, 0.3) is 0 Å². The minimum atomic E-state index is -0.330. The van der Waals surface area contributed by atoms with Gasteiger partial charge in [-0.1, -0.05) is 17.7 Å².